The first-order chi connectivity index (χ1) is 11.0. The van der Waals surface area contributed by atoms with Gasteiger partial charge in [-0.2, -0.15) is 13.2 Å². The number of aromatic nitrogens is 2. The normalized spacial score (nSPS) is 17.0. The maximum atomic E-state index is 12.7. The summed E-state index contributed by atoms with van der Waals surface area (Å²) >= 11 is 0. The number of ether oxygens (including phenoxy) is 1. The van der Waals surface area contributed by atoms with Crippen molar-refractivity contribution in [3.8, 4) is 0 Å². The largest absolute Gasteiger partial charge is 0.416 e. The zero-order chi connectivity index (χ0) is 16.3. The SMILES string of the molecule is FC(F)(F)c1ccc2nc(CNCCN3CCOCC3)[nH]c2c1. The third kappa shape index (κ3) is 4.21. The molecule has 2 heterocycles. The average Bonchev–Trinajstić information content (AvgIpc) is 2.93. The highest BCUT2D eigenvalue weighted by atomic mass is 19.4. The standard InChI is InChI=1S/C15H19F3N4O/c16-15(17,18)11-1-2-12-13(9-11)21-14(20-12)10-19-3-4-22-5-7-23-8-6-22/h1-2,9,19H,3-8,10H2,(H,20,21). The number of hydrogen-bond acceptors (Lipinski definition) is 4. The molecule has 0 spiro atoms. The molecule has 2 aromatic rings. The monoisotopic (exact) mass is 328 g/mol. The Bertz CT molecular complexity index is 650. The summed E-state index contributed by atoms with van der Waals surface area (Å²) in [5.74, 6) is 0.640. The van der Waals surface area contributed by atoms with Crippen LogP contribution in [-0.4, -0.2) is 54.3 Å². The fourth-order valence-corrected chi connectivity index (χ4v) is 2.59. The van der Waals surface area contributed by atoms with Gasteiger partial charge in [0, 0.05) is 26.2 Å². The van der Waals surface area contributed by atoms with Crippen LogP contribution in [0.3, 0.4) is 0 Å². The summed E-state index contributed by atoms with van der Waals surface area (Å²) in [5.41, 5.74) is 0.285. The highest BCUT2D eigenvalue weighted by Crippen LogP contribution is 2.30. The molecule has 126 valence electrons. The van der Waals surface area contributed by atoms with Gasteiger partial charge in [-0.3, -0.25) is 4.90 Å². The minimum absolute atomic E-state index is 0.407. The smallest absolute Gasteiger partial charge is 0.379 e. The van der Waals surface area contributed by atoms with Crippen LogP contribution in [0.25, 0.3) is 11.0 Å². The number of hydrogen-bond donors (Lipinski definition) is 2. The molecule has 1 aliphatic rings. The van der Waals surface area contributed by atoms with Crippen molar-refractivity contribution in [2.45, 2.75) is 12.7 Å². The van der Waals surface area contributed by atoms with Crippen molar-refractivity contribution in [2.75, 3.05) is 39.4 Å². The lowest BCUT2D eigenvalue weighted by Gasteiger charge is -2.26. The van der Waals surface area contributed by atoms with E-state index < -0.39 is 11.7 Å². The van der Waals surface area contributed by atoms with E-state index in [0.29, 0.717) is 23.4 Å². The predicted molar refractivity (Wildman–Crippen MR) is 80.1 cm³/mol. The summed E-state index contributed by atoms with van der Waals surface area (Å²) in [6.07, 6.45) is -4.34. The number of benzene rings is 1. The summed E-state index contributed by atoms with van der Waals surface area (Å²) in [5, 5.41) is 3.26. The van der Waals surface area contributed by atoms with Gasteiger partial charge in [-0.1, -0.05) is 0 Å². The molecule has 1 aromatic heterocycles. The highest BCUT2D eigenvalue weighted by Gasteiger charge is 2.30. The number of alkyl halides is 3. The van der Waals surface area contributed by atoms with Crippen molar-refractivity contribution in [1.29, 1.82) is 0 Å². The number of halogens is 3. The minimum Gasteiger partial charge on any atom is -0.379 e. The average molecular weight is 328 g/mol. The van der Waals surface area contributed by atoms with Crippen LogP contribution < -0.4 is 5.32 Å². The van der Waals surface area contributed by atoms with Gasteiger partial charge in [-0.05, 0) is 18.2 Å². The number of fused-ring (bicyclic) bond motifs is 1. The van der Waals surface area contributed by atoms with E-state index >= 15 is 0 Å². The minimum atomic E-state index is -4.34. The number of nitrogens with zero attached hydrogens (tertiary/aromatic N) is 2. The lowest BCUT2D eigenvalue weighted by molar-refractivity contribution is -0.137. The van der Waals surface area contributed by atoms with E-state index in [-0.39, 0.29) is 0 Å². The summed E-state index contributed by atoms with van der Waals surface area (Å²) in [7, 11) is 0. The van der Waals surface area contributed by atoms with Gasteiger partial charge in [0.25, 0.3) is 0 Å². The number of morpholine rings is 1. The molecule has 3 rings (SSSR count). The molecule has 1 aliphatic heterocycles. The predicted octanol–water partition coefficient (Wildman–Crippen LogP) is 2.00. The number of aromatic amines is 1. The van der Waals surface area contributed by atoms with Gasteiger partial charge in [0.1, 0.15) is 5.82 Å². The Kier molecular flexibility index (Phi) is 4.84. The Balaban J connectivity index is 1.54. The first kappa shape index (κ1) is 16.2. The molecule has 0 atom stereocenters. The molecule has 0 unspecified atom stereocenters. The maximum Gasteiger partial charge on any atom is 0.416 e. The fraction of sp³-hybridized carbons (Fsp3) is 0.533. The first-order valence-corrected chi connectivity index (χ1v) is 7.59. The summed E-state index contributed by atoms with van der Waals surface area (Å²) in [6.45, 7) is 5.63. The summed E-state index contributed by atoms with van der Waals surface area (Å²) in [6, 6.07) is 3.55. The van der Waals surface area contributed by atoms with Crippen LogP contribution in [-0.2, 0) is 17.5 Å². The highest BCUT2D eigenvalue weighted by molar-refractivity contribution is 5.76. The van der Waals surface area contributed by atoms with Crippen LogP contribution >= 0.6 is 0 Å². The molecule has 5 nitrogen and oxygen atoms in total. The molecule has 1 saturated heterocycles. The topological polar surface area (TPSA) is 53.2 Å². The maximum absolute atomic E-state index is 12.7. The lowest BCUT2D eigenvalue weighted by Crippen LogP contribution is -2.40. The van der Waals surface area contributed by atoms with Crippen LogP contribution in [0, 0.1) is 0 Å². The Labute approximate surface area is 131 Å². The number of imidazole rings is 1. The third-order valence-corrected chi connectivity index (χ3v) is 3.86. The van der Waals surface area contributed by atoms with E-state index in [1.54, 1.807) is 0 Å². The van der Waals surface area contributed by atoms with E-state index in [2.05, 4.69) is 20.2 Å². The summed E-state index contributed by atoms with van der Waals surface area (Å²) < 4.78 is 43.3. The van der Waals surface area contributed by atoms with Crippen LogP contribution in [0.2, 0.25) is 0 Å². The van der Waals surface area contributed by atoms with Crippen molar-refractivity contribution < 1.29 is 17.9 Å². The van der Waals surface area contributed by atoms with Gasteiger partial charge in [0.05, 0.1) is 36.4 Å². The molecule has 0 bridgehead atoms. The Morgan fingerprint density at radius 2 is 2.04 bits per heavy atom. The van der Waals surface area contributed by atoms with E-state index in [1.807, 2.05) is 0 Å². The molecular weight excluding hydrogens is 309 g/mol. The van der Waals surface area contributed by atoms with Gasteiger partial charge < -0.3 is 15.0 Å². The number of rotatable bonds is 5. The zero-order valence-corrected chi connectivity index (χ0v) is 12.6. The molecule has 8 heteroatoms. The van der Waals surface area contributed by atoms with Crippen molar-refractivity contribution in [3.05, 3.63) is 29.6 Å². The molecule has 2 N–H and O–H groups in total. The number of H-pyrrole nitrogens is 1. The molecule has 23 heavy (non-hydrogen) atoms. The second kappa shape index (κ2) is 6.86. The van der Waals surface area contributed by atoms with E-state index in [4.69, 9.17) is 4.74 Å². The van der Waals surface area contributed by atoms with E-state index in [0.717, 1.165) is 51.5 Å². The van der Waals surface area contributed by atoms with Crippen LogP contribution in [0.4, 0.5) is 13.2 Å². The molecule has 1 aromatic carbocycles. The van der Waals surface area contributed by atoms with Gasteiger partial charge in [0.2, 0.25) is 0 Å². The zero-order valence-electron chi connectivity index (χ0n) is 12.6. The molecular formula is C15H19F3N4O. The quantitative estimate of drug-likeness (QED) is 0.825. The number of nitrogens with one attached hydrogen (secondary N) is 2. The van der Waals surface area contributed by atoms with Gasteiger partial charge in [-0.15, -0.1) is 0 Å². The Morgan fingerprint density at radius 3 is 2.78 bits per heavy atom. The molecule has 0 saturated carbocycles. The Morgan fingerprint density at radius 1 is 1.26 bits per heavy atom. The lowest BCUT2D eigenvalue weighted by atomic mass is 10.2. The van der Waals surface area contributed by atoms with Crippen molar-refractivity contribution >= 4 is 11.0 Å². The van der Waals surface area contributed by atoms with Crippen LogP contribution in [0.15, 0.2) is 18.2 Å². The van der Waals surface area contributed by atoms with Crippen molar-refractivity contribution in [2.24, 2.45) is 0 Å². The van der Waals surface area contributed by atoms with Crippen molar-refractivity contribution in [1.82, 2.24) is 20.2 Å². The van der Waals surface area contributed by atoms with E-state index in [1.165, 1.54) is 6.07 Å². The molecule has 0 radical (unpaired) electrons. The Hall–Kier alpha value is -1.64. The fourth-order valence-electron chi connectivity index (χ4n) is 2.59. The second-order valence-corrected chi connectivity index (χ2v) is 5.54. The van der Waals surface area contributed by atoms with E-state index in [9.17, 15) is 13.2 Å². The second-order valence-electron chi connectivity index (χ2n) is 5.54. The molecule has 1 fully saturated rings. The first-order valence-electron chi connectivity index (χ1n) is 7.59. The van der Waals surface area contributed by atoms with Gasteiger partial charge in [0.15, 0.2) is 0 Å². The van der Waals surface area contributed by atoms with Crippen LogP contribution in [0.5, 0.6) is 0 Å². The van der Waals surface area contributed by atoms with Gasteiger partial charge in [-0.25, -0.2) is 4.98 Å². The summed E-state index contributed by atoms with van der Waals surface area (Å²) in [4.78, 5) is 9.55. The third-order valence-electron chi connectivity index (χ3n) is 3.86. The van der Waals surface area contributed by atoms with Gasteiger partial charge >= 0.3 is 6.18 Å². The molecule has 0 amide bonds. The van der Waals surface area contributed by atoms with Crippen LogP contribution in [0.1, 0.15) is 11.4 Å². The molecule has 0 aliphatic carbocycles. The van der Waals surface area contributed by atoms with Crippen molar-refractivity contribution in [3.63, 3.8) is 0 Å².